The average molecular weight is 315 g/mol. The lowest BCUT2D eigenvalue weighted by molar-refractivity contribution is 0.0696. The van der Waals surface area contributed by atoms with Crippen molar-refractivity contribution in [1.82, 2.24) is 4.31 Å². The number of halogens is 1. The van der Waals surface area contributed by atoms with Crippen molar-refractivity contribution in [2.24, 2.45) is 0 Å². The molecule has 2 rings (SSSR count). The first-order valence-electron chi connectivity index (χ1n) is 6.81. The summed E-state index contributed by atoms with van der Waals surface area (Å²) in [6, 6.07) is 2.37. The second-order valence-corrected chi connectivity index (χ2v) is 7.23. The Hall–Kier alpha value is -1.47. The van der Waals surface area contributed by atoms with Gasteiger partial charge in [0.05, 0.1) is 5.56 Å². The fourth-order valence-corrected chi connectivity index (χ4v) is 4.79. The molecule has 0 radical (unpaired) electrons. The van der Waals surface area contributed by atoms with Crippen LogP contribution in [0.4, 0.5) is 4.39 Å². The van der Waals surface area contributed by atoms with Crippen molar-refractivity contribution in [1.29, 1.82) is 0 Å². The number of sulfonamides is 1. The molecule has 0 bridgehead atoms. The topological polar surface area (TPSA) is 74.7 Å². The van der Waals surface area contributed by atoms with Crippen LogP contribution in [0.25, 0.3) is 0 Å². The molecule has 0 spiro atoms. The summed E-state index contributed by atoms with van der Waals surface area (Å²) in [4.78, 5) is 10.4. The summed E-state index contributed by atoms with van der Waals surface area (Å²) in [5.74, 6) is -2.21. The van der Waals surface area contributed by atoms with Crippen LogP contribution in [0.3, 0.4) is 0 Å². The van der Waals surface area contributed by atoms with Gasteiger partial charge < -0.3 is 5.11 Å². The normalized spacial score (nSPS) is 24.0. The van der Waals surface area contributed by atoms with E-state index in [0.29, 0.717) is 12.8 Å². The summed E-state index contributed by atoms with van der Waals surface area (Å²) in [7, 11) is -4.05. The number of rotatable bonds is 3. The maximum absolute atomic E-state index is 13.9. The van der Waals surface area contributed by atoms with Gasteiger partial charge in [-0.05, 0) is 44.9 Å². The molecule has 1 aromatic carbocycles. The molecule has 0 amide bonds. The predicted molar refractivity (Wildman–Crippen MR) is 75.2 cm³/mol. The SMILES string of the molecule is C[C@@H]1CCC[C@H](C)N1S(=O)(=O)c1cc(C(=O)O)ccc1F. The second kappa shape index (κ2) is 5.73. The number of aromatic carboxylic acids is 1. The highest BCUT2D eigenvalue weighted by Gasteiger charge is 2.37. The molecule has 0 aliphatic carbocycles. The van der Waals surface area contributed by atoms with Crippen LogP contribution in [0.5, 0.6) is 0 Å². The molecule has 0 unspecified atom stereocenters. The number of hydrogen-bond donors (Lipinski definition) is 1. The summed E-state index contributed by atoms with van der Waals surface area (Å²) in [6.45, 7) is 3.57. The third kappa shape index (κ3) is 2.94. The van der Waals surface area contributed by atoms with Gasteiger partial charge >= 0.3 is 5.97 Å². The van der Waals surface area contributed by atoms with Gasteiger partial charge in [-0.25, -0.2) is 17.6 Å². The molecule has 5 nitrogen and oxygen atoms in total. The Kier molecular flexibility index (Phi) is 4.34. The van der Waals surface area contributed by atoms with E-state index in [4.69, 9.17) is 5.11 Å². The Morgan fingerprint density at radius 3 is 2.38 bits per heavy atom. The van der Waals surface area contributed by atoms with Gasteiger partial charge in [0, 0.05) is 12.1 Å². The first-order valence-corrected chi connectivity index (χ1v) is 8.25. The summed E-state index contributed by atoms with van der Waals surface area (Å²) in [5, 5.41) is 8.95. The lowest BCUT2D eigenvalue weighted by Crippen LogP contribution is -2.47. The Morgan fingerprint density at radius 2 is 1.86 bits per heavy atom. The van der Waals surface area contributed by atoms with Gasteiger partial charge in [0.25, 0.3) is 0 Å². The van der Waals surface area contributed by atoms with Crippen molar-refractivity contribution in [3.8, 4) is 0 Å². The third-order valence-electron chi connectivity index (χ3n) is 3.85. The predicted octanol–water partition coefficient (Wildman–Crippen LogP) is 2.48. The Labute approximate surface area is 123 Å². The molecule has 2 atom stereocenters. The van der Waals surface area contributed by atoms with Crippen molar-refractivity contribution in [3.05, 3.63) is 29.6 Å². The van der Waals surface area contributed by atoms with Crippen LogP contribution in [0.1, 0.15) is 43.5 Å². The van der Waals surface area contributed by atoms with Crippen LogP contribution >= 0.6 is 0 Å². The van der Waals surface area contributed by atoms with E-state index in [1.807, 2.05) is 0 Å². The number of nitrogens with zero attached hydrogens (tertiary/aromatic N) is 1. The summed E-state index contributed by atoms with van der Waals surface area (Å²) < 4.78 is 40.6. The molecule has 1 N–H and O–H groups in total. The highest BCUT2D eigenvalue weighted by molar-refractivity contribution is 7.89. The molecular weight excluding hydrogens is 297 g/mol. The maximum Gasteiger partial charge on any atom is 0.335 e. The summed E-state index contributed by atoms with van der Waals surface area (Å²) in [5.41, 5.74) is -0.243. The highest BCUT2D eigenvalue weighted by atomic mass is 32.2. The van der Waals surface area contributed by atoms with E-state index in [0.717, 1.165) is 24.6 Å². The Balaban J connectivity index is 2.53. The van der Waals surface area contributed by atoms with Gasteiger partial charge in [-0.2, -0.15) is 4.31 Å². The minimum absolute atomic E-state index is 0.230. The largest absolute Gasteiger partial charge is 0.478 e. The van der Waals surface area contributed by atoms with Crippen molar-refractivity contribution in [3.63, 3.8) is 0 Å². The van der Waals surface area contributed by atoms with Gasteiger partial charge in [0.2, 0.25) is 10.0 Å². The Morgan fingerprint density at radius 1 is 1.29 bits per heavy atom. The molecule has 1 aromatic rings. The van der Waals surface area contributed by atoms with E-state index in [1.54, 1.807) is 13.8 Å². The molecule has 1 aliphatic heterocycles. The number of piperidine rings is 1. The van der Waals surface area contributed by atoms with Gasteiger partial charge in [0.1, 0.15) is 10.7 Å². The van der Waals surface area contributed by atoms with Gasteiger partial charge in [-0.15, -0.1) is 0 Å². The fourth-order valence-electron chi connectivity index (χ4n) is 2.82. The molecule has 1 aliphatic rings. The van der Waals surface area contributed by atoms with Gasteiger partial charge in [-0.1, -0.05) is 6.42 Å². The lowest BCUT2D eigenvalue weighted by Gasteiger charge is -2.37. The van der Waals surface area contributed by atoms with Crippen LogP contribution in [-0.4, -0.2) is 35.9 Å². The van der Waals surface area contributed by atoms with E-state index < -0.39 is 26.7 Å². The lowest BCUT2D eigenvalue weighted by atomic mass is 10.0. The zero-order valence-electron chi connectivity index (χ0n) is 11.9. The van der Waals surface area contributed by atoms with E-state index >= 15 is 0 Å². The third-order valence-corrected chi connectivity index (χ3v) is 5.99. The molecule has 1 saturated heterocycles. The van der Waals surface area contributed by atoms with Crippen LogP contribution in [0, 0.1) is 5.82 Å². The standard InChI is InChI=1S/C14H18FNO4S/c1-9-4-3-5-10(2)16(9)21(19,20)13-8-11(14(17)18)6-7-12(13)15/h6-10H,3-5H2,1-2H3,(H,17,18)/t9-,10+. The van der Waals surface area contributed by atoms with Crippen molar-refractivity contribution in [2.75, 3.05) is 0 Å². The minimum atomic E-state index is -4.05. The molecule has 0 saturated carbocycles. The Bertz CT molecular complexity index is 649. The monoisotopic (exact) mass is 315 g/mol. The molecule has 7 heteroatoms. The first-order chi connectivity index (χ1) is 9.75. The minimum Gasteiger partial charge on any atom is -0.478 e. The van der Waals surface area contributed by atoms with Crippen LogP contribution in [0.2, 0.25) is 0 Å². The molecule has 0 aromatic heterocycles. The van der Waals surface area contributed by atoms with Crippen LogP contribution in [0.15, 0.2) is 23.1 Å². The number of hydrogen-bond acceptors (Lipinski definition) is 3. The number of benzene rings is 1. The van der Waals surface area contributed by atoms with E-state index in [9.17, 15) is 17.6 Å². The molecule has 1 fully saturated rings. The van der Waals surface area contributed by atoms with Crippen LogP contribution in [-0.2, 0) is 10.0 Å². The number of carbonyl (C=O) groups is 1. The van der Waals surface area contributed by atoms with E-state index in [2.05, 4.69) is 0 Å². The zero-order chi connectivity index (χ0) is 15.8. The highest BCUT2D eigenvalue weighted by Crippen LogP contribution is 2.30. The average Bonchev–Trinajstić information content (AvgIpc) is 2.38. The van der Waals surface area contributed by atoms with Gasteiger partial charge in [-0.3, -0.25) is 0 Å². The first kappa shape index (κ1) is 15.9. The number of carboxylic acid groups (broad SMARTS) is 1. The number of carboxylic acids is 1. The van der Waals surface area contributed by atoms with Crippen molar-refractivity contribution in [2.45, 2.75) is 50.1 Å². The quantitative estimate of drug-likeness (QED) is 0.930. The van der Waals surface area contributed by atoms with E-state index in [-0.39, 0.29) is 17.6 Å². The molecule has 21 heavy (non-hydrogen) atoms. The molecule has 1 heterocycles. The van der Waals surface area contributed by atoms with E-state index in [1.165, 1.54) is 4.31 Å². The zero-order valence-corrected chi connectivity index (χ0v) is 12.7. The molecular formula is C14H18FNO4S. The molecule has 116 valence electrons. The fraction of sp³-hybridized carbons (Fsp3) is 0.500. The van der Waals surface area contributed by atoms with Crippen molar-refractivity contribution >= 4 is 16.0 Å². The maximum atomic E-state index is 13.9. The van der Waals surface area contributed by atoms with Crippen LogP contribution < -0.4 is 0 Å². The van der Waals surface area contributed by atoms with Crippen molar-refractivity contribution < 1.29 is 22.7 Å². The summed E-state index contributed by atoms with van der Waals surface area (Å²) in [6.07, 6.45) is 2.35. The van der Waals surface area contributed by atoms with Gasteiger partial charge in [0.15, 0.2) is 0 Å². The summed E-state index contributed by atoms with van der Waals surface area (Å²) >= 11 is 0. The second-order valence-electron chi connectivity index (χ2n) is 5.41. The smallest absolute Gasteiger partial charge is 0.335 e.